The number of hydrogen-bond donors (Lipinski definition) is 0. The SMILES string of the molecule is O=C(c1ccc(Cl)cc1)c1cc(Cl)ccc1Br. The Morgan fingerprint density at radius 3 is 2.18 bits per heavy atom. The summed E-state index contributed by atoms with van der Waals surface area (Å²) in [4.78, 5) is 12.2. The van der Waals surface area contributed by atoms with Crippen molar-refractivity contribution in [3.05, 3.63) is 68.1 Å². The highest BCUT2D eigenvalue weighted by molar-refractivity contribution is 9.10. The second kappa shape index (κ2) is 5.21. The van der Waals surface area contributed by atoms with Crippen molar-refractivity contribution in [2.45, 2.75) is 0 Å². The summed E-state index contributed by atoms with van der Waals surface area (Å²) >= 11 is 15.0. The maximum absolute atomic E-state index is 12.2. The molecular formula is C13H7BrCl2O. The predicted molar refractivity (Wildman–Crippen MR) is 74.0 cm³/mol. The highest BCUT2D eigenvalue weighted by atomic mass is 79.9. The number of hydrogen-bond acceptors (Lipinski definition) is 1. The maximum atomic E-state index is 12.2. The van der Waals surface area contributed by atoms with Gasteiger partial charge in [-0.1, -0.05) is 39.1 Å². The molecule has 0 atom stereocenters. The molecule has 17 heavy (non-hydrogen) atoms. The van der Waals surface area contributed by atoms with Crippen LogP contribution in [0.1, 0.15) is 15.9 Å². The zero-order valence-corrected chi connectivity index (χ0v) is 11.7. The van der Waals surface area contributed by atoms with Gasteiger partial charge in [-0.2, -0.15) is 0 Å². The van der Waals surface area contributed by atoms with Crippen LogP contribution in [0.25, 0.3) is 0 Å². The topological polar surface area (TPSA) is 17.1 Å². The molecular weight excluding hydrogens is 323 g/mol. The molecule has 0 fully saturated rings. The summed E-state index contributed by atoms with van der Waals surface area (Å²) in [6.45, 7) is 0. The van der Waals surface area contributed by atoms with Crippen molar-refractivity contribution in [2.75, 3.05) is 0 Å². The van der Waals surface area contributed by atoms with Crippen LogP contribution in [0.5, 0.6) is 0 Å². The van der Waals surface area contributed by atoms with Gasteiger partial charge >= 0.3 is 0 Å². The Labute approximate surface area is 117 Å². The van der Waals surface area contributed by atoms with Gasteiger partial charge in [0.1, 0.15) is 0 Å². The molecule has 0 N–H and O–H groups in total. The summed E-state index contributed by atoms with van der Waals surface area (Å²) in [5.74, 6) is -0.0870. The van der Waals surface area contributed by atoms with E-state index in [1.54, 1.807) is 42.5 Å². The van der Waals surface area contributed by atoms with Crippen LogP contribution in [0, 0.1) is 0 Å². The quantitative estimate of drug-likeness (QED) is 0.709. The van der Waals surface area contributed by atoms with Gasteiger partial charge in [-0.25, -0.2) is 0 Å². The average Bonchev–Trinajstić information content (AvgIpc) is 2.32. The molecule has 0 aliphatic carbocycles. The smallest absolute Gasteiger partial charge is 0.194 e. The molecule has 0 bridgehead atoms. The minimum absolute atomic E-state index is 0.0870. The second-order valence-electron chi connectivity index (χ2n) is 3.46. The van der Waals surface area contributed by atoms with Crippen molar-refractivity contribution in [3.8, 4) is 0 Å². The lowest BCUT2D eigenvalue weighted by molar-refractivity contribution is 0.103. The Bertz CT molecular complexity index is 564. The third-order valence-electron chi connectivity index (χ3n) is 2.28. The molecule has 0 radical (unpaired) electrons. The van der Waals surface area contributed by atoms with Gasteiger partial charge in [0.25, 0.3) is 0 Å². The van der Waals surface area contributed by atoms with Gasteiger partial charge in [0, 0.05) is 25.6 Å². The fourth-order valence-corrected chi connectivity index (χ4v) is 2.15. The number of benzene rings is 2. The summed E-state index contributed by atoms with van der Waals surface area (Å²) in [6, 6.07) is 11.9. The largest absolute Gasteiger partial charge is 0.289 e. The van der Waals surface area contributed by atoms with E-state index in [0.29, 0.717) is 21.2 Å². The van der Waals surface area contributed by atoms with E-state index in [9.17, 15) is 4.79 Å². The minimum atomic E-state index is -0.0870. The Hall–Kier alpha value is -0.830. The van der Waals surface area contributed by atoms with Crippen molar-refractivity contribution in [1.82, 2.24) is 0 Å². The lowest BCUT2D eigenvalue weighted by atomic mass is 10.0. The molecule has 0 saturated heterocycles. The van der Waals surface area contributed by atoms with Crippen LogP contribution < -0.4 is 0 Å². The van der Waals surface area contributed by atoms with Crippen LogP contribution in [0.15, 0.2) is 46.9 Å². The summed E-state index contributed by atoms with van der Waals surface area (Å²) in [7, 11) is 0. The van der Waals surface area contributed by atoms with Crippen molar-refractivity contribution in [2.24, 2.45) is 0 Å². The molecule has 0 aliphatic heterocycles. The fraction of sp³-hybridized carbons (Fsp3) is 0. The van der Waals surface area contributed by atoms with Crippen molar-refractivity contribution >= 4 is 44.9 Å². The molecule has 2 rings (SSSR count). The van der Waals surface area contributed by atoms with Crippen LogP contribution in [-0.4, -0.2) is 5.78 Å². The van der Waals surface area contributed by atoms with Crippen LogP contribution in [0.3, 0.4) is 0 Å². The van der Waals surface area contributed by atoms with Crippen LogP contribution in [0.4, 0.5) is 0 Å². The predicted octanol–water partition coefficient (Wildman–Crippen LogP) is 4.99. The number of carbonyl (C=O) groups excluding carboxylic acids is 1. The van der Waals surface area contributed by atoms with E-state index in [4.69, 9.17) is 23.2 Å². The van der Waals surface area contributed by atoms with Crippen LogP contribution in [-0.2, 0) is 0 Å². The Kier molecular flexibility index (Phi) is 3.87. The van der Waals surface area contributed by atoms with E-state index in [-0.39, 0.29) is 5.78 Å². The number of rotatable bonds is 2. The van der Waals surface area contributed by atoms with Gasteiger partial charge in [0.05, 0.1) is 0 Å². The summed E-state index contributed by atoms with van der Waals surface area (Å²) in [5, 5.41) is 1.14. The first-order valence-electron chi connectivity index (χ1n) is 4.83. The zero-order chi connectivity index (χ0) is 12.4. The highest BCUT2D eigenvalue weighted by Gasteiger charge is 2.12. The first kappa shape index (κ1) is 12.6. The molecule has 4 heteroatoms. The number of ketones is 1. The number of carbonyl (C=O) groups is 1. The highest BCUT2D eigenvalue weighted by Crippen LogP contribution is 2.24. The van der Waals surface area contributed by atoms with Crippen molar-refractivity contribution in [1.29, 1.82) is 0 Å². The summed E-state index contributed by atoms with van der Waals surface area (Å²) in [5.41, 5.74) is 1.12. The van der Waals surface area contributed by atoms with Gasteiger partial charge in [-0.3, -0.25) is 4.79 Å². The Morgan fingerprint density at radius 1 is 0.941 bits per heavy atom. The van der Waals surface area contributed by atoms with Crippen LogP contribution >= 0.6 is 39.1 Å². The van der Waals surface area contributed by atoms with E-state index in [2.05, 4.69) is 15.9 Å². The second-order valence-corrected chi connectivity index (χ2v) is 5.19. The van der Waals surface area contributed by atoms with E-state index in [1.807, 2.05) is 0 Å². The van der Waals surface area contributed by atoms with Gasteiger partial charge in [0.2, 0.25) is 0 Å². The third kappa shape index (κ3) is 2.89. The summed E-state index contributed by atoms with van der Waals surface area (Å²) in [6.07, 6.45) is 0. The molecule has 0 heterocycles. The van der Waals surface area contributed by atoms with Crippen molar-refractivity contribution in [3.63, 3.8) is 0 Å². The van der Waals surface area contributed by atoms with Gasteiger partial charge in [-0.15, -0.1) is 0 Å². The lowest BCUT2D eigenvalue weighted by Gasteiger charge is -2.04. The molecule has 0 amide bonds. The maximum Gasteiger partial charge on any atom is 0.194 e. The first-order valence-corrected chi connectivity index (χ1v) is 6.38. The molecule has 0 aliphatic rings. The van der Waals surface area contributed by atoms with E-state index >= 15 is 0 Å². The van der Waals surface area contributed by atoms with Gasteiger partial charge < -0.3 is 0 Å². The molecule has 86 valence electrons. The van der Waals surface area contributed by atoms with E-state index in [1.165, 1.54) is 0 Å². The third-order valence-corrected chi connectivity index (χ3v) is 3.46. The molecule has 2 aromatic carbocycles. The molecule has 0 aromatic heterocycles. The minimum Gasteiger partial charge on any atom is -0.289 e. The Balaban J connectivity index is 2.43. The average molecular weight is 330 g/mol. The Morgan fingerprint density at radius 2 is 1.53 bits per heavy atom. The number of halogens is 3. The monoisotopic (exact) mass is 328 g/mol. The van der Waals surface area contributed by atoms with E-state index in [0.717, 1.165) is 4.47 Å². The van der Waals surface area contributed by atoms with Crippen molar-refractivity contribution < 1.29 is 4.79 Å². The zero-order valence-electron chi connectivity index (χ0n) is 8.58. The van der Waals surface area contributed by atoms with E-state index < -0.39 is 0 Å². The van der Waals surface area contributed by atoms with Gasteiger partial charge in [0.15, 0.2) is 5.78 Å². The standard InChI is InChI=1S/C13H7BrCl2O/c14-12-6-5-10(16)7-11(12)13(17)8-1-3-9(15)4-2-8/h1-7H. The molecule has 0 unspecified atom stereocenters. The first-order chi connectivity index (χ1) is 8.08. The summed E-state index contributed by atoms with van der Waals surface area (Å²) < 4.78 is 0.724. The molecule has 2 aromatic rings. The normalized spacial score (nSPS) is 10.3. The molecule has 0 spiro atoms. The lowest BCUT2D eigenvalue weighted by Crippen LogP contribution is -2.02. The fourth-order valence-electron chi connectivity index (χ4n) is 1.43. The van der Waals surface area contributed by atoms with Gasteiger partial charge in [-0.05, 0) is 42.5 Å². The molecule has 1 nitrogen and oxygen atoms in total. The molecule has 0 saturated carbocycles. The van der Waals surface area contributed by atoms with Crippen LogP contribution in [0.2, 0.25) is 10.0 Å².